The summed E-state index contributed by atoms with van der Waals surface area (Å²) in [6.07, 6.45) is 3.35. The van der Waals surface area contributed by atoms with Crippen LogP contribution in [0.5, 0.6) is 0 Å². The molecule has 0 saturated carbocycles. The fourth-order valence-electron chi connectivity index (χ4n) is 3.41. The monoisotopic (exact) mass is 411 g/mol. The zero-order valence-corrected chi connectivity index (χ0v) is 16.6. The Kier molecular flexibility index (Phi) is 5.72. The third kappa shape index (κ3) is 3.96. The minimum absolute atomic E-state index is 0.417. The van der Waals surface area contributed by atoms with Crippen LogP contribution in [-0.4, -0.2) is 16.1 Å². The van der Waals surface area contributed by atoms with Crippen molar-refractivity contribution in [3.8, 4) is 0 Å². The molecule has 0 amide bonds. The molecule has 0 aliphatic rings. The molecule has 0 bridgehead atoms. The van der Waals surface area contributed by atoms with E-state index in [0.29, 0.717) is 12.0 Å². The number of pyridine rings is 1. The van der Waals surface area contributed by atoms with E-state index in [4.69, 9.17) is 4.98 Å². The van der Waals surface area contributed by atoms with Crippen LogP contribution in [0.1, 0.15) is 46.1 Å². The summed E-state index contributed by atoms with van der Waals surface area (Å²) < 4.78 is 1.08. The molecule has 0 spiro atoms. The van der Waals surface area contributed by atoms with E-state index in [2.05, 4.69) is 28.1 Å². The number of aromatic carboxylic acids is 1. The lowest BCUT2D eigenvalue weighted by Gasteiger charge is -2.14. The van der Waals surface area contributed by atoms with E-state index < -0.39 is 5.97 Å². The highest BCUT2D eigenvalue weighted by molar-refractivity contribution is 9.10. The topological polar surface area (TPSA) is 50.2 Å². The molecule has 1 aromatic heterocycles. The first-order valence-corrected chi connectivity index (χ1v) is 9.68. The lowest BCUT2D eigenvalue weighted by molar-refractivity contribution is 0.0697. The van der Waals surface area contributed by atoms with Crippen molar-refractivity contribution in [1.82, 2.24) is 4.98 Å². The minimum atomic E-state index is -0.867. The van der Waals surface area contributed by atoms with E-state index >= 15 is 0 Å². The molecule has 0 fully saturated rings. The molecule has 0 radical (unpaired) electrons. The average molecular weight is 412 g/mol. The molecular formula is C22H22BrNO2. The van der Waals surface area contributed by atoms with Gasteiger partial charge in [-0.1, -0.05) is 46.6 Å². The smallest absolute Gasteiger partial charge is 0.336 e. The highest BCUT2D eigenvalue weighted by Gasteiger charge is 2.19. The Labute approximate surface area is 162 Å². The molecule has 134 valence electrons. The predicted octanol–water partition coefficient (Wildman–Crippen LogP) is 5.74. The van der Waals surface area contributed by atoms with Gasteiger partial charge >= 0.3 is 5.97 Å². The van der Waals surface area contributed by atoms with Gasteiger partial charge in [-0.3, -0.25) is 4.98 Å². The van der Waals surface area contributed by atoms with Gasteiger partial charge in [0.1, 0.15) is 0 Å². The summed E-state index contributed by atoms with van der Waals surface area (Å²) in [5.74, 6) is -0.867. The van der Waals surface area contributed by atoms with Crippen LogP contribution in [0.2, 0.25) is 0 Å². The van der Waals surface area contributed by atoms with Crippen LogP contribution in [-0.2, 0) is 19.3 Å². The molecular weight excluding hydrogens is 390 g/mol. The maximum Gasteiger partial charge on any atom is 0.336 e. The normalized spacial score (nSPS) is 11.0. The Bertz CT molecular complexity index is 949. The first kappa shape index (κ1) is 18.6. The second-order valence-corrected chi connectivity index (χ2v) is 7.49. The van der Waals surface area contributed by atoms with E-state index in [0.717, 1.165) is 51.5 Å². The standard InChI is InChI=1S/C22H22BrNO2/c1-3-17-19(6-4-5-15-8-10-16(23)11-9-15)24-20-12-7-14(2)13-18(20)21(17)22(25)26/h7-13H,3-6H2,1-2H3,(H,25,26). The number of aromatic nitrogens is 1. The Hall–Kier alpha value is -2.20. The number of carboxylic acid groups (broad SMARTS) is 1. The van der Waals surface area contributed by atoms with Crippen LogP contribution in [0.25, 0.3) is 10.9 Å². The van der Waals surface area contributed by atoms with Crippen LogP contribution in [0.4, 0.5) is 0 Å². The van der Waals surface area contributed by atoms with Gasteiger partial charge in [0.05, 0.1) is 11.1 Å². The second-order valence-electron chi connectivity index (χ2n) is 6.57. The van der Waals surface area contributed by atoms with Crippen LogP contribution >= 0.6 is 15.9 Å². The van der Waals surface area contributed by atoms with E-state index in [-0.39, 0.29) is 0 Å². The Balaban J connectivity index is 1.93. The van der Waals surface area contributed by atoms with Gasteiger partial charge in [-0.05, 0) is 68.0 Å². The SMILES string of the molecule is CCc1c(CCCc2ccc(Br)cc2)nc2ccc(C)cc2c1C(=O)O. The summed E-state index contributed by atoms with van der Waals surface area (Å²) in [6.45, 7) is 3.98. The number of fused-ring (bicyclic) bond motifs is 1. The largest absolute Gasteiger partial charge is 0.478 e. The zero-order chi connectivity index (χ0) is 18.7. The third-order valence-corrected chi connectivity index (χ3v) is 5.22. The molecule has 3 aromatic rings. The molecule has 1 N–H and O–H groups in total. The van der Waals surface area contributed by atoms with Gasteiger partial charge in [0.2, 0.25) is 0 Å². The summed E-state index contributed by atoms with van der Waals surface area (Å²) >= 11 is 3.45. The zero-order valence-electron chi connectivity index (χ0n) is 15.1. The van der Waals surface area contributed by atoms with Gasteiger partial charge in [-0.25, -0.2) is 4.79 Å². The molecule has 3 rings (SSSR count). The van der Waals surface area contributed by atoms with Gasteiger partial charge < -0.3 is 5.11 Å². The number of carboxylic acids is 1. The Morgan fingerprint density at radius 2 is 1.85 bits per heavy atom. The summed E-state index contributed by atoms with van der Waals surface area (Å²) in [7, 11) is 0. The quantitative estimate of drug-likeness (QED) is 0.562. The summed E-state index contributed by atoms with van der Waals surface area (Å²) in [5.41, 5.74) is 5.29. The summed E-state index contributed by atoms with van der Waals surface area (Å²) in [4.78, 5) is 16.8. The van der Waals surface area contributed by atoms with Gasteiger partial charge in [-0.15, -0.1) is 0 Å². The lowest BCUT2D eigenvalue weighted by Crippen LogP contribution is -2.09. The number of aryl methyl sites for hydroxylation is 3. The van der Waals surface area contributed by atoms with E-state index in [1.54, 1.807) is 0 Å². The number of hydrogen-bond acceptors (Lipinski definition) is 2. The molecule has 3 nitrogen and oxygen atoms in total. The molecule has 2 aromatic carbocycles. The fourth-order valence-corrected chi connectivity index (χ4v) is 3.67. The molecule has 0 aliphatic carbocycles. The van der Waals surface area contributed by atoms with Crippen molar-refractivity contribution in [2.45, 2.75) is 39.5 Å². The second kappa shape index (κ2) is 8.00. The van der Waals surface area contributed by atoms with Crippen molar-refractivity contribution >= 4 is 32.8 Å². The maximum absolute atomic E-state index is 12.0. The van der Waals surface area contributed by atoms with E-state index in [9.17, 15) is 9.90 Å². The van der Waals surface area contributed by atoms with Crippen molar-refractivity contribution in [2.75, 3.05) is 0 Å². The molecule has 0 unspecified atom stereocenters. The summed E-state index contributed by atoms with van der Waals surface area (Å²) in [6, 6.07) is 14.2. The third-order valence-electron chi connectivity index (χ3n) is 4.69. The molecule has 26 heavy (non-hydrogen) atoms. The van der Waals surface area contributed by atoms with E-state index in [1.807, 2.05) is 44.2 Å². The molecule has 1 heterocycles. The highest BCUT2D eigenvalue weighted by atomic mass is 79.9. The number of halogens is 1. The van der Waals surface area contributed by atoms with Gasteiger partial charge in [0.25, 0.3) is 0 Å². The molecule has 0 atom stereocenters. The van der Waals surface area contributed by atoms with Crippen molar-refractivity contribution in [2.24, 2.45) is 0 Å². The van der Waals surface area contributed by atoms with Crippen molar-refractivity contribution in [3.63, 3.8) is 0 Å². The van der Waals surface area contributed by atoms with Crippen molar-refractivity contribution < 1.29 is 9.90 Å². The lowest BCUT2D eigenvalue weighted by atomic mass is 9.95. The highest BCUT2D eigenvalue weighted by Crippen LogP contribution is 2.26. The number of nitrogens with zero attached hydrogens (tertiary/aromatic N) is 1. The Morgan fingerprint density at radius 3 is 2.50 bits per heavy atom. The van der Waals surface area contributed by atoms with E-state index in [1.165, 1.54) is 5.56 Å². The first-order valence-electron chi connectivity index (χ1n) is 8.89. The minimum Gasteiger partial charge on any atom is -0.478 e. The van der Waals surface area contributed by atoms with Crippen molar-refractivity contribution in [1.29, 1.82) is 0 Å². The Morgan fingerprint density at radius 1 is 1.12 bits per heavy atom. The molecule has 0 aliphatic heterocycles. The van der Waals surface area contributed by atoms with Gasteiger partial charge in [-0.2, -0.15) is 0 Å². The van der Waals surface area contributed by atoms with Crippen molar-refractivity contribution in [3.05, 3.63) is 74.9 Å². The first-order chi connectivity index (χ1) is 12.5. The fraction of sp³-hybridized carbons (Fsp3) is 0.273. The molecule has 0 saturated heterocycles. The van der Waals surface area contributed by atoms with Crippen LogP contribution in [0.15, 0.2) is 46.9 Å². The predicted molar refractivity (Wildman–Crippen MR) is 109 cm³/mol. The number of carbonyl (C=O) groups is 1. The van der Waals surface area contributed by atoms with Crippen LogP contribution < -0.4 is 0 Å². The number of hydrogen-bond donors (Lipinski definition) is 1. The van der Waals surface area contributed by atoms with Crippen LogP contribution in [0, 0.1) is 6.92 Å². The average Bonchev–Trinajstić information content (AvgIpc) is 2.62. The summed E-state index contributed by atoms with van der Waals surface area (Å²) in [5, 5.41) is 10.5. The van der Waals surface area contributed by atoms with Crippen LogP contribution in [0.3, 0.4) is 0 Å². The maximum atomic E-state index is 12.0. The van der Waals surface area contributed by atoms with Gasteiger partial charge in [0, 0.05) is 15.6 Å². The number of benzene rings is 2. The molecule has 4 heteroatoms. The van der Waals surface area contributed by atoms with Gasteiger partial charge in [0.15, 0.2) is 0 Å². The number of rotatable bonds is 6.